The van der Waals surface area contributed by atoms with Crippen molar-refractivity contribution in [2.75, 3.05) is 36.2 Å². The number of nitrogens with one attached hydrogen (secondary N) is 4. The second-order valence-electron chi connectivity index (χ2n) is 22.7. The molecule has 0 aliphatic carbocycles. The number of aromatic carboxylic acids is 2. The van der Waals surface area contributed by atoms with Crippen LogP contribution < -0.4 is 77.5 Å². The average molecular weight is 1390 g/mol. The lowest BCUT2D eigenvalue weighted by Gasteiger charge is -2.14. The quantitative estimate of drug-likeness (QED) is 0.0641. The Labute approximate surface area is 576 Å². The lowest BCUT2D eigenvalue weighted by atomic mass is 9.97. The van der Waals surface area contributed by atoms with E-state index in [4.69, 9.17) is 30.6 Å². The van der Waals surface area contributed by atoms with Crippen LogP contribution in [0.15, 0.2) is 181 Å². The zero-order valence-corrected chi connectivity index (χ0v) is 56.4. The van der Waals surface area contributed by atoms with E-state index in [1.807, 2.05) is 83.1 Å². The molecule has 102 heavy (non-hydrogen) atoms. The van der Waals surface area contributed by atoms with Gasteiger partial charge in [-0.1, -0.05) is 53.1 Å². The number of anilines is 4. The smallest absolute Gasteiger partial charge is 0.373 e. The molecule has 0 atom stereocenters. The summed E-state index contributed by atoms with van der Waals surface area (Å²) in [4.78, 5) is 175. The number of nitrogens with two attached hydrogens (primary N) is 2. The molecule has 0 radical (unpaired) electrons. The van der Waals surface area contributed by atoms with E-state index in [-0.39, 0.29) is 78.3 Å². The highest BCUT2D eigenvalue weighted by Gasteiger charge is 2.25. The normalized spacial score (nSPS) is 10.3. The fraction of sp³-hybridized carbons (Fsp3) is 0.162. The SMILES string of the molecule is CNC(=O)c1cc(C)c(CNc2ccc(C)cc2)c(C(=O)O)c1.CNC(=O)c1cc(C)c(CNc2ccc(C)cc2)c(C(=O)O)c1.Cc1cc2c(=O)oc(=O)c2c2c(=O)oc(=O)c12.Cc1ccc(-n2c(=O)c3c(C)cc4c(=O)n(C)c(=O)c4c3c2=O)cc1.Nc1ccc(N)cc1.O=C=O.O=C=O. The first-order valence-electron chi connectivity index (χ1n) is 30.3. The van der Waals surface area contributed by atoms with Crippen molar-refractivity contribution in [3.8, 4) is 5.69 Å². The van der Waals surface area contributed by atoms with E-state index in [9.17, 15) is 67.7 Å². The summed E-state index contributed by atoms with van der Waals surface area (Å²) in [5, 5.41) is 30.5. The van der Waals surface area contributed by atoms with Crippen LogP contribution in [0.1, 0.15) is 91.5 Å². The molecule has 0 bridgehead atoms. The number of carbonyl (C=O) groups excluding carboxylic acids is 6. The molecular weight excluding hydrogens is 1320 g/mol. The molecule has 10 N–H and O–H groups in total. The zero-order valence-electron chi connectivity index (χ0n) is 56.4. The Morgan fingerprint density at radius 1 is 0.422 bits per heavy atom. The number of nitrogen functional groups attached to an aromatic ring is 2. The van der Waals surface area contributed by atoms with Crippen LogP contribution in [0.4, 0.5) is 22.7 Å². The van der Waals surface area contributed by atoms with Gasteiger partial charge < -0.3 is 51.8 Å². The number of amides is 2. The molecule has 28 heteroatoms. The van der Waals surface area contributed by atoms with Crippen molar-refractivity contribution in [2.24, 2.45) is 7.05 Å². The molecular formula is C74H66N8O20. The molecule has 0 saturated heterocycles. The Bertz CT molecular complexity index is 5540. The Kier molecular flexibility index (Phi) is 25.6. The maximum absolute atomic E-state index is 13.0. The molecule has 0 unspecified atom stereocenters. The van der Waals surface area contributed by atoms with Gasteiger partial charge in [-0.05, 0) is 179 Å². The lowest BCUT2D eigenvalue weighted by Crippen LogP contribution is -2.24. The third kappa shape index (κ3) is 17.6. The largest absolute Gasteiger partial charge is 0.478 e. The summed E-state index contributed by atoms with van der Waals surface area (Å²) in [6, 6.07) is 38.9. The fourth-order valence-corrected chi connectivity index (χ4v) is 10.7. The maximum atomic E-state index is 13.0. The minimum atomic E-state index is -1.04. The van der Waals surface area contributed by atoms with Gasteiger partial charge in [0.25, 0.3) is 34.1 Å². The fourth-order valence-electron chi connectivity index (χ4n) is 10.7. The van der Waals surface area contributed by atoms with Gasteiger partial charge in [-0.2, -0.15) is 19.2 Å². The molecule has 2 amide bonds. The number of fused-ring (bicyclic) bond motifs is 6. The molecule has 0 aliphatic rings. The topological polar surface area (TPSA) is 450 Å². The molecule has 12 rings (SSSR count). The first-order chi connectivity index (χ1) is 48.3. The number of hydrogen-bond donors (Lipinski definition) is 8. The van der Waals surface area contributed by atoms with Crippen LogP contribution in [-0.4, -0.2) is 69.5 Å². The van der Waals surface area contributed by atoms with Gasteiger partial charge >= 0.3 is 46.7 Å². The number of carbonyl (C=O) groups is 4. The van der Waals surface area contributed by atoms with Gasteiger partial charge in [0, 0.05) is 68.1 Å². The van der Waals surface area contributed by atoms with E-state index in [0.717, 1.165) is 59.7 Å². The molecule has 0 saturated carbocycles. The van der Waals surface area contributed by atoms with Crippen LogP contribution in [0.25, 0.3) is 48.8 Å². The molecule has 0 aliphatic heterocycles. The molecule has 0 spiro atoms. The van der Waals surface area contributed by atoms with Crippen LogP contribution in [0.2, 0.25) is 0 Å². The van der Waals surface area contributed by atoms with E-state index in [1.165, 1.54) is 45.4 Å². The van der Waals surface area contributed by atoms with Crippen molar-refractivity contribution < 1.29 is 57.4 Å². The summed E-state index contributed by atoms with van der Waals surface area (Å²) in [7, 11) is 4.40. The number of nitrogens with zero attached hydrogens (tertiary/aromatic N) is 2. The molecule has 0 fully saturated rings. The number of rotatable bonds is 11. The van der Waals surface area contributed by atoms with Gasteiger partial charge in [0.2, 0.25) is 0 Å². The van der Waals surface area contributed by atoms with Crippen LogP contribution in [0, 0.1) is 48.5 Å². The summed E-state index contributed by atoms with van der Waals surface area (Å²) in [5.74, 6) is -2.68. The number of hydrogen-bond acceptors (Lipinski definition) is 22. The predicted molar refractivity (Wildman–Crippen MR) is 380 cm³/mol. The Morgan fingerprint density at radius 3 is 1.20 bits per heavy atom. The Hall–Kier alpha value is -13.8. The first-order valence-corrected chi connectivity index (χ1v) is 30.3. The van der Waals surface area contributed by atoms with E-state index in [0.29, 0.717) is 52.2 Å². The lowest BCUT2D eigenvalue weighted by molar-refractivity contribution is -0.193. The summed E-state index contributed by atoms with van der Waals surface area (Å²) in [6.45, 7) is 13.5. The summed E-state index contributed by atoms with van der Waals surface area (Å²) in [5.41, 5.74) is 17.1. The van der Waals surface area contributed by atoms with Gasteiger partial charge in [0.1, 0.15) is 0 Å². The Morgan fingerprint density at radius 2 is 0.784 bits per heavy atom. The number of carboxylic acids is 2. The van der Waals surface area contributed by atoms with Crippen molar-refractivity contribution in [1.29, 1.82) is 0 Å². The van der Waals surface area contributed by atoms with Crippen LogP contribution >= 0.6 is 0 Å². The van der Waals surface area contributed by atoms with Crippen LogP contribution in [0.3, 0.4) is 0 Å². The third-order valence-corrected chi connectivity index (χ3v) is 15.8. The number of aryl methyl sites for hydroxylation is 7. The van der Waals surface area contributed by atoms with Crippen molar-refractivity contribution in [3.63, 3.8) is 0 Å². The average Bonchev–Trinajstić information content (AvgIpc) is 1.57. The highest BCUT2D eigenvalue weighted by molar-refractivity contribution is 6.09. The van der Waals surface area contributed by atoms with Crippen LogP contribution in [0.5, 0.6) is 0 Å². The molecule has 28 nitrogen and oxygen atoms in total. The first kappa shape index (κ1) is 77.2. The monoisotopic (exact) mass is 1390 g/mol. The summed E-state index contributed by atoms with van der Waals surface area (Å²) in [6.07, 6.45) is 0.500. The van der Waals surface area contributed by atoms with Crippen molar-refractivity contribution in [2.45, 2.75) is 61.6 Å². The Balaban J connectivity index is 0.000000202. The summed E-state index contributed by atoms with van der Waals surface area (Å²) >= 11 is 0. The second kappa shape index (κ2) is 33.9. The minimum Gasteiger partial charge on any atom is -0.478 e. The van der Waals surface area contributed by atoms with Crippen molar-refractivity contribution in [3.05, 3.63) is 289 Å². The number of carboxylic acid groups (broad SMARTS) is 2. The van der Waals surface area contributed by atoms with Gasteiger partial charge in [-0.15, -0.1) is 0 Å². The predicted octanol–water partition coefficient (Wildman–Crippen LogP) is 6.49. The number of aromatic nitrogens is 2. The van der Waals surface area contributed by atoms with E-state index in [2.05, 4.69) is 30.1 Å². The maximum Gasteiger partial charge on any atom is 0.373 e. The van der Waals surface area contributed by atoms with Gasteiger partial charge in [-0.25, -0.2) is 33.3 Å². The van der Waals surface area contributed by atoms with Gasteiger partial charge in [0.15, 0.2) is 0 Å². The highest BCUT2D eigenvalue weighted by Crippen LogP contribution is 2.25. The minimum absolute atomic E-state index is 0.00194. The van der Waals surface area contributed by atoms with Gasteiger partial charge in [0.05, 0.1) is 59.9 Å². The van der Waals surface area contributed by atoms with E-state index in [1.54, 1.807) is 74.5 Å². The third-order valence-electron chi connectivity index (χ3n) is 15.8. The molecule has 8 aromatic carbocycles. The van der Waals surface area contributed by atoms with E-state index < -0.39 is 56.7 Å². The number of furan rings is 2. The van der Waals surface area contributed by atoms with E-state index >= 15 is 0 Å². The molecule has 4 heterocycles. The van der Waals surface area contributed by atoms with Gasteiger partial charge in [-0.3, -0.25) is 33.3 Å². The zero-order chi connectivity index (χ0) is 75.7. The standard InChI is InChI=1S/C19H14N2O4.2C18H20N2O3.C11H4O6.C6H8N2.2CO2/c1-9-4-6-11(7-5-9)21-18(24)13-10(2)8-12-14(15(13)19(21)25)17(23)20(3)16(12)22;2*1-11-4-6-14(7-5-11)20-10-16-12(2)8-13(17(21)19-3)9-15(16)18(22)23;1-3-2-4-6(10(14)16-8(4)12)7-5(3)9(13)17-11(7)15;7-5-1-2-6(8)4-3-5;2*2-1-3/h4-8H,1-3H3;2*4-9,20H,10H2,1-3H3,(H,19,21)(H,22,23);2H,1H3;1-4H,7-8H2;;. The summed E-state index contributed by atoms with van der Waals surface area (Å²) < 4.78 is 10.9. The molecule has 522 valence electrons. The van der Waals surface area contributed by atoms with Crippen LogP contribution in [-0.2, 0) is 39.3 Å². The molecule has 12 aromatic rings. The second-order valence-corrected chi connectivity index (χ2v) is 22.7. The van der Waals surface area contributed by atoms with Crippen molar-refractivity contribution in [1.82, 2.24) is 19.8 Å². The molecule has 4 aromatic heterocycles. The number of benzene rings is 8. The highest BCUT2D eigenvalue weighted by atomic mass is 16.4. The van der Waals surface area contributed by atoms with Crippen molar-refractivity contribution >= 4 is 102 Å².